The third-order valence-corrected chi connectivity index (χ3v) is 3.04. The van der Waals surface area contributed by atoms with E-state index in [0.29, 0.717) is 12.2 Å². The summed E-state index contributed by atoms with van der Waals surface area (Å²) in [6.07, 6.45) is 2.83. The molecule has 1 aliphatic rings. The number of carboxylic acids is 1. The van der Waals surface area contributed by atoms with E-state index >= 15 is 0 Å². The van der Waals surface area contributed by atoms with Crippen LogP contribution in [0.5, 0.6) is 0 Å². The third-order valence-electron chi connectivity index (χ3n) is 3.04. The van der Waals surface area contributed by atoms with Gasteiger partial charge in [-0.25, -0.2) is 0 Å². The summed E-state index contributed by atoms with van der Waals surface area (Å²) < 4.78 is 0. The van der Waals surface area contributed by atoms with E-state index in [1.807, 2.05) is 0 Å². The molecule has 18 heavy (non-hydrogen) atoms. The van der Waals surface area contributed by atoms with Crippen molar-refractivity contribution in [2.24, 2.45) is 5.73 Å². The summed E-state index contributed by atoms with van der Waals surface area (Å²) in [4.78, 5) is 26.6. The molecule has 1 aromatic rings. The number of pyridine rings is 1. The first-order chi connectivity index (χ1) is 8.44. The highest BCUT2D eigenvalue weighted by Gasteiger charge is 2.42. The highest BCUT2D eigenvalue weighted by Crippen LogP contribution is 2.31. The zero-order valence-electron chi connectivity index (χ0n) is 9.44. The normalized spacial score (nSPS) is 23.1. The van der Waals surface area contributed by atoms with Gasteiger partial charge in [-0.15, -0.1) is 0 Å². The van der Waals surface area contributed by atoms with Crippen molar-refractivity contribution in [1.82, 2.24) is 4.98 Å². The van der Waals surface area contributed by atoms with Crippen LogP contribution in [-0.4, -0.2) is 39.6 Å². The lowest BCUT2D eigenvalue weighted by Crippen LogP contribution is -2.50. The van der Waals surface area contributed by atoms with Gasteiger partial charge in [-0.2, -0.15) is 0 Å². The zero-order valence-corrected chi connectivity index (χ0v) is 9.44. The number of aromatic nitrogens is 1. The van der Waals surface area contributed by atoms with Crippen LogP contribution in [0.3, 0.4) is 0 Å². The zero-order chi connectivity index (χ0) is 13.3. The van der Waals surface area contributed by atoms with Crippen LogP contribution in [0.25, 0.3) is 0 Å². The quantitative estimate of drug-likeness (QED) is 0.572. The second-order valence-electron chi connectivity index (χ2n) is 4.25. The molecule has 0 radical (unpaired) electrons. The van der Waals surface area contributed by atoms with E-state index < -0.39 is 16.4 Å². The maximum absolute atomic E-state index is 11.0. The summed E-state index contributed by atoms with van der Waals surface area (Å²) in [5.41, 5.74) is 4.58. The Kier molecular flexibility index (Phi) is 2.87. The Morgan fingerprint density at radius 3 is 2.94 bits per heavy atom. The smallest absolute Gasteiger partial charge is 0.325 e. The first kappa shape index (κ1) is 12.2. The largest absolute Gasteiger partial charge is 0.480 e. The van der Waals surface area contributed by atoms with Gasteiger partial charge in [0.25, 0.3) is 0 Å². The second-order valence-corrected chi connectivity index (χ2v) is 4.25. The minimum Gasteiger partial charge on any atom is -0.480 e. The molecule has 1 unspecified atom stereocenters. The predicted octanol–water partition coefficient (Wildman–Crippen LogP) is -0.0180. The molecular formula is C10H12N4O4. The average Bonchev–Trinajstić information content (AvgIpc) is 2.73. The third kappa shape index (κ3) is 1.97. The summed E-state index contributed by atoms with van der Waals surface area (Å²) in [7, 11) is 0. The number of carbonyl (C=O) groups is 1. The SMILES string of the molecule is NC1(C(=O)O)CCN(c2ccncc2[N+](=O)[O-])C1. The van der Waals surface area contributed by atoms with Gasteiger partial charge < -0.3 is 15.7 Å². The van der Waals surface area contributed by atoms with Gasteiger partial charge in [0.2, 0.25) is 0 Å². The highest BCUT2D eigenvalue weighted by molar-refractivity contribution is 5.81. The molecule has 2 heterocycles. The van der Waals surface area contributed by atoms with E-state index in [1.165, 1.54) is 12.3 Å². The first-order valence-corrected chi connectivity index (χ1v) is 5.30. The van der Waals surface area contributed by atoms with Gasteiger partial charge >= 0.3 is 11.7 Å². The van der Waals surface area contributed by atoms with E-state index in [0.717, 1.165) is 6.20 Å². The second kappa shape index (κ2) is 4.22. The molecule has 0 saturated carbocycles. The maximum Gasteiger partial charge on any atom is 0.325 e. The standard InChI is InChI=1S/C10H12N4O4/c11-10(9(15)16)2-4-13(6-10)7-1-3-12-5-8(7)14(17)18/h1,3,5H,2,4,6,11H2,(H,15,16). The Morgan fingerprint density at radius 2 is 2.39 bits per heavy atom. The van der Waals surface area contributed by atoms with Gasteiger partial charge in [0.15, 0.2) is 0 Å². The number of aliphatic carboxylic acids is 1. The van der Waals surface area contributed by atoms with Crippen molar-refractivity contribution in [2.45, 2.75) is 12.0 Å². The summed E-state index contributed by atoms with van der Waals surface area (Å²) in [5, 5.41) is 19.9. The number of nitrogens with two attached hydrogens (primary N) is 1. The minimum absolute atomic E-state index is 0.0488. The van der Waals surface area contributed by atoms with E-state index in [-0.39, 0.29) is 18.7 Å². The molecule has 2 rings (SSSR count). The molecule has 0 aromatic carbocycles. The van der Waals surface area contributed by atoms with Gasteiger partial charge in [0, 0.05) is 19.3 Å². The van der Waals surface area contributed by atoms with E-state index in [4.69, 9.17) is 10.8 Å². The lowest BCUT2D eigenvalue weighted by atomic mass is 10.0. The Bertz CT molecular complexity index is 506. The number of nitrogens with zero attached hydrogens (tertiary/aromatic N) is 3. The van der Waals surface area contributed by atoms with Crippen LogP contribution in [0.15, 0.2) is 18.5 Å². The van der Waals surface area contributed by atoms with Crippen LogP contribution in [0.1, 0.15) is 6.42 Å². The molecule has 0 bridgehead atoms. The molecule has 8 heteroatoms. The van der Waals surface area contributed by atoms with Gasteiger partial charge in [0.1, 0.15) is 17.4 Å². The molecule has 1 atom stereocenters. The Morgan fingerprint density at radius 1 is 1.67 bits per heavy atom. The fraction of sp³-hybridized carbons (Fsp3) is 0.400. The topological polar surface area (TPSA) is 123 Å². The average molecular weight is 252 g/mol. The molecule has 1 saturated heterocycles. The van der Waals surface area contributed by atoms with E-state index in [9.17, 15) is 14.9 Å². The molecule has 0 aliphatic carbocycles. The summed E-state index contributed by atoms with van der Waals surface area (Å²) >= 11 is 0. The van der Waals surface area contributed by atoms with Crippen molar-refractivity contribution in [3.05, 3.63) is 28.6 Å². The van der Waals surface area contributed by atoms with Crippen molar-refractivity contribution >= 4 is 17.3 Å². The van der Waals surface area contributed by atoms with Crippen molar-refractivity contribution in [3.8, 4) is 0 Å². The summed E-state index contributed by atoms with van der Waals surface area (Å²) in [6, 6.07) is 1.49. The lowest BCUT2D eigenvalue weighted by Gasteiger charge is -2.21. The number of hydrogen-bond donors (Lipinski definition) is 2. The molecule has 3 N–H and O–H groups in total. The summed E-state index contributed by atoms with van der Waals surface area (Å²) in [5.74, 6) is -1.10. The van der Waals surface area contributed by atoms with Crippen molar-refractivity contribution < 1.29 is 14.8 Å². The maximum atomic E-state index is 11.0. The molecule has 96 valence electrons. The van der Waals surface area contributed by atoms with E-state index in [1.54, 1.807) is 4.90 Å². The number of carboxylic acid groups (broad SMARTS) is 1. The van der Waals surface area contributed by atoms with Gasteiger partial charge in [-0.05, 0) is 12.5 Å². The molecule has 1 aliphatic heterocycles. The predicted molar refractivity (Wildman–Crippen MR) is 62.3 cm³/mol. The first-order valence-electron chi connectivity index (χ1n) is 5.30. The number of anilines is 1. The Hall–Kier alpha value is -2.22. The van der Waals surface area contributed by atoms with E-state index in [2.05, 4.69) is 4.98 Å². The van der Waals surface area contributed by atoms with Crippen LogP contribution < -0.4 is 10.6 Å². The highest BCUT2D eigenvalue weighted by atomic mass is 16.6. The molecule has 1 aromatic heterocycles. The van der Waals surface area contributed by atoms with Crippen molar-refractivity contribution in [2.75, 3.05) is 18.0 Å². The van der Waals surface area contributed by atoms with Gasteiger partial charge in [-0.3, -0.25) is 19.9 Å². The Balaban J connectivity index is 2.30. The lowest BCUT2D eigenvalue weighted by molar-refractivity contribution is -0.384. The molecule has 0 amide bonds. The fourth-order valence-corrected chi connectivity index (χ4v) is 2.00. The van der Waals surface area contributed by atoms with Gasteiger partial charge in [-0.1, -0.05) is 0 Å². The fourth-order valence-electron chi connectivity index (χ4n) is 2.00. The minimum atomic E-state index is -1.35. The summed E-state index contributed by atoms with van der Waals surface area (Å²) in [6.45, 7) is 0.418. The van der Waals surface area contributed by atoms with Crippen LogP contribution in [0.2, 0.25) is 0 Å². The van der Waals surface area contributed by atoms with Crippen LogP contribution in [-0.2, 0) is 4.79 Å². The molecule has 0 spiro atoms. The molecular weight excluding hydrogens is 240 g/mol. The Labute approximate surface area is 102 Å². The molecule has 1 fully saturated rings. The number of rotatable bonds is 3. The van der Waals surface area contributed by atoms with Gasteiger partial charge in [0.05, 0.1) is 4.92 Å². The number of hydrogen-bond acceptors (Lipinski definition) is 6. The van der Waals surface area contributed by atoms with Crippen LogP contribution in [0, 0.1) is 10.1 Å². The van der Waals surface area contributed by atoms with Crippen molar-refractivity contribution in [3.63, 3.8) is 0 Å². The molecule has 8 nitrogen and oxygen atoms in total. The monoisotopic (exact) mass is 252 g/mol. The number of nitro groups is 1. The van der Waals surface area contributed by atoms with Crippen LogP contribution >= 0.6 is 0 Å². The van der Waals surface area contributed by atoms with Crippen LogP contribution in [0.4, 0.5) is 11.4 Å². The van der Waals surface area contributed by atoms with Crippen molar-refractivity contribution in [1.29, 1.82) is 0 Å².